The zero-order valence-corrected chi connectivity index (χ0v) is 17.1. The molecule has 0 fully saturated rings. The number of nitrogens with one attached hydrogen (secondary N) is 2. The molecule has 2 rings (SSSR count). The van der Waals surface area contributed by atoms with Crippen LogP contribution >= 0.6 is 15.9 Å². The average Bonchev–Trinajstić information content (AvgIpc) is 2.64. The predicted molar refractivity (Wildman–Crippen MR) is 101 cm³/mol. The number of rotatable bonds is 6. The molecule has 176 valence electrons. The molecule has 4 N–H and O–H groups in total. The van der Waals surface area contributed by atoms with Gasteiger partial charge in [-0.15, -0.1) is 13.2 Å². The van der Waals surface area contributed by atoms with Crippen molar-refractivity contribution in [1.29, 1.82) is 10.7 Å². The van der Waals surface area contributed by atoms with Crippen LogP contribution in [0.1, 0.15) is 5.56 Å². The third kappa shape index (κ3) is 6.68. The van der Waals surface area contributed by atoms with Gasteiger partial charge in [0, 0.05) is 6.07 Å². The van der Waals surface area contributed by atoms with Gasteiger partial charge in [-0.1, -0.05) is 0 Å². The third-order valence-corrected chi connectivity index (χ3v) is 4.02. The van der Waals surface area contributed by atoms with E-state index in [0.717, 1.165) is 0 Å². The quantitative estimate of drug-likeness (QED) is 0.187. The molecule has 0 aliphatic heterocycles. The van der Waals surface area contributed by atoms with E-state index in [2.05, 4.69) is 25.8 Å². The van der Waals surface area contributed by atoms with Crippen LogP contribution in [0.15, 0.2) is 33.8 Å². The van der Waals surface area contributed by atoms with E-state index in [9.17, 15) is 35.1 Å². The molecule has 0 saturated carbocycles. The number of nitriles is 1. The van der Waals surface area contributed by atoms with Crippen LogP contribution in [0.3, 0.4) is 0 Å². The molecule has 2 aromatic rings. The molecule has 0 amide bonds. The first-order valence-electron chi connectivity index (χ1n) is 8.04. The number of hydrogen-bond donors (Lipinski definition) is 3. The summed E-state index contributed by atoms with van der Waals surface area (Å²) in [5.74, 6) is -7.26. The van der Waals surface area contributed by atoms with E-state index < -0.39 is 68.7 Å². The summed E-state index contributed by atoms with van der Waals surface area (Å²) in [5.41, 5.74) is 4.13. The molecule has 0 bridgehead atoms. The van der Waals surface area contributed by atoms with Crippen molar-refractivity contribution in [3.05, 3.63) is 45.9 Å². The normalized spacial score (nSPS) is 12.2. The van der Waals surface area contributed by atoms with Crippen molar-refractivity contribution in [3.63, 3.8) is 0 Å². The fourth-order valence-corrected chi connectivity index (χ4v) is 2.65. The molecule has 0 spiro atoms. The smallest absolute Gasteiger partial charge is 0.448 e. The fourth-order valence-electron chi connectivity index (χ4n) is 2.13. The summed E-state index contributed by atoms with van der Waals surface area (Å²) in [6, 6.07) is 2.55. The highest BCUT2D eigenvalue weighted by atomic mass is 79.9. The van der Waals surface area contributed by atoms with Gasteiger partial charge in [0.2, 0.25) is 5.71 Å². The largest absolute Gasteiger partial charge is 0.573 e. The Morgan fingerprint density at radius 3 is 2.09 bits per heavy atom. The maximum atomic E-state index is 14.2. The van der Waals surface area contributed by atoms with E-state index in [-0.39, 0.29) is 12.1 Å². The highest BCUT2D eigenvalue weighted by molar-refractivity contribution is 9.10. The molecule has 0 aliphatic carbocycles. The van der Waals surface area contributed by atoms with Crippen molar-refractivity contribution >= 4 is 33.2 Å². The molecule has 0 unspecified atom stereocenters. The summed E-state index contributed by atoms with van der Waals surface area (Å²) in [6.07, 6.45) is -10.2. The summed E-state index contributed by atoms with van der Waals surface area (Å²) >= 11 is 2.79. The van der Waals surface area contributed by atoms with Gasteiger partial charge in [-0.2, -0.15) is 23.5 Å². The Morgan fingerprint density at radius 2 is 1.64 bits per heavy atom. The molecule has 16 heteroatoms. The first-order chi connectivity index (χ1) is 15.1. The van der Waals surface area contributed by atoms with E-state index in [4.69, 9.17) is 21.1 Å². The third-order valence-electron chi connectivity index (χ3n) is 3.43. The van der Waals surface area contributed by atoms with Crippen LogP contribution < -0.4 is 20.6 Å². The minimum absolute atomic E-state index is 0.0533. The molecule has 33 heavy (non-hydrogen) atoms. The maximum Gasteiger partial charge on any atom is 0.573 e. The molecule has 0 radical (unpaired) electrons. The highest BCUT2D eigenvalue weighted by Crippen LogP contribution is 2.43. The van der Waals surface area contributed by atoms with Crippen LogP contribution in [-0.2, 0) is 6.18 Å². The maximum absolute atomic E-state index is 14.2. The van der Waals surface area contributed by atoms with Gasteiger partial charge in [0.15, 0.2) is 29.0 Å². The number of hydrogen-bond acceptors (Lipinski definition) is 6. The molecular formula is C17H8BrF8N5O2. The average molecular weight is 546 g/mol. The lowest BCUT2D eigenvalue weighted by Gasteiger charge is -2.17. The van der Waals surface area contributed by atoms with Crippen LogP contribution in [0, 0.1) is 28.4 Å². The Labute approximate surface area is 187 Å². The minimum Gasteiger partial charge on any atom is -0.448 e. The first kappa shape index (κ1) is 25.6. The number of alkyl halides is 6. The van der Waals surface area contributed by atoms with Crippen molar-refractivity contribution in [3.8, 4) is 23.3 Å². The summed E-state index contributed by atoms with van der Waals surface area (Å²) in [4.78, 5) is 0. The Morgan fingerprint density at radius 1 is 1.06 bits per heavy atom. The summed E-state index contributed by atoms with van der Waals surface area (Å²) in [5, 5.41) is 19.4. The molecular weight excluding hydrogens is 538 g/mol. The molecule has 0 aromatic heterocycles. The second kappa shape index (κ2) is 9.48. The van der Waals surface area contributed by atoms with Crippen molar-refractivity contribution in [2.24, 2.45) is 10.8 Å². The lowest BCUT2D eigenvalue weighted by molar-refractivity contribution is -0.274. The van der Waals surface area contributed by atoms with Gasteiger partial charge < -0.3 is 15.2 Å². The molecule has 0 atom stereocenters. The zero-order chi connectivity index (χ0) is 25.1. The summed E-state index contributed by atoms with van der Waals surface area (Å²) < 4.78 is 113. The van der Waals surface area contributed by atoms with Gasteiger partial charge in [0.25, 0.3) is 0 Å². The number of nitrogens with two attached hydrogens (primary N) is 1. The second-order valence-electron chi connectivity index (χ2n) is 5.80. The first-order valence-corrected chi connectivity index (χ1v) is 8.83. The number of anilines is 1. The van der Waals surface area contributed by atoms with Gasteiger partial charge >= 0.3 is 12.5 Å². The summed E-state index contributed by atoms with van der Waals surface area (Å²) in [7, 11) is 0. The number of benzene rings is 2. The highest BCUT2D eigenvalue weighted by Gasteiger charge is 2.34. The molecule has 0 saturated heterocycles. The molecule has 2 aromatic carbocycles. The van der Waals surface area contributed by atoms with Gasteiger partial charge in [0.05, 0.1) is 10.0 Å². The molecule has 0 aliphatic rings. The van der Waals surface area contributed by atoms with E-state index in [1.807, 2.05) is 5.43 Å². The van der Waals surface area contributed by atoms with E-state index in [1.165, 1.54) is 6.07 Å². The van der Waals surface area contributed by atoms with Crippen LogP contribution in [-0.4, -0.2) is 17.9 Å². The number of nitrogens with zero attached hydrogens (tertiary/aromatic N) is 2. The van der Waals surface area contributed by atoms with Crippen LogP contribution in [0.25, 0.3) is 0 Å². The van der Waals surface area contributed by atoms with Gasteiger partial charge in [0.1, 0.15) is 17.5 Å². The monoisotopic (exact) mass is 545 g/mol. The van der Waals surface area contributed by atoms with E-state index in [0.29, 0.717) is 12.1 Å². The van der Waals surface area contributed by atoms with Crippen molar-refractivity contribution in [1.82, 2.24) is 0 Å². The number of halogens is 9. The number of amidine groups is 1. The van der Waals surface area contributed by atoms with Crippen LogP contribution in [0.4, 0.5) is 40.8 Å². The van der Waals surface area contributed by atoms with Crippen molar-refractivity contribution < 1.29 is 44.6 Å². The van der Waals surface area contributed by atoms with E-state index in [1.54, 1.807) is 0 Å². The number of ether oxygens (including phenoxy) is 2. The molecule has 7 nitrogen and oxygen atoms in total. The Hall–Kier alpha value is -3.61. The van der Waals surface area contributed by atoms with Gasteiger partial charge in [-0.25, -0.2) is 8.78 Å². The van der Waals surface area contributed by atoms with Gasteiger partial charge in [-0.3, -0.25) is 10.8 Å². The zero-order valence-electron chi connectivity index (χ0n) is 15.5. The molecule has 0 heterocycles. The topological polar surface area (TPSA) is 117 Å². The minimum atomic E-state index is -5.15. The SMILES string of the molecule is N#C/C(=N\Nc1cc(OC(F)(F)F)cc(Br)c1Oc1c(F)cc(C(F)(F)F)cc1F)C(=N)N. The van der Waals surface area contributed by atoms with E-state index >= 15 is 0 Å². The van der Waals surface area contributed by atoms with Crippen molar-refractivity contribution in [2.75, 3.05) is 5.43 Å². The Balaban J connectivity index is 2.60. The Bertz CT molecular complexity index is 1130. The van der Waals surface area contributed by atoms with Crippen LogP contribution in [0.5, 0.6) is 17.2 Å². The lowest BCUT2D eigenvalue weighted by atomic mass is 10.2. The lowest BCUT2D eigenvalue weighted by Crippen LogP contribution is -2.22. The predicted octanol–water partition coefficient (Wildman–Crippen LogP) is 5.66. The fraction of sp³-hybridized carbons (Fsp3) is 0.118. The van der Waals surface area contributed by atoms with Gasteiger partial charge in [-0.05, 0) is 34.1 Å². The van der Waals surface area contributed by atoms with Crippen molar-refractivity contribution in [2.45, 2.75) is 12.5 Å². The van der Waals surface area contributed by atoms with Crippen LogP contribution in [0.2, 0.25) is 0 Å². The summed E-state index contributed by atoms with van der Waals surface area (Å²) in [6.45, 7) is 0. The standard InChI is InChI=1S/C17H8BrF8N5O2/c18-8-3-7(33-17(24,25)26)4-11(30-31-12(5-27)15(28)29)13(8)32-14-9(19)1-6(2-10(14)20)16(21,22)23/h1-4,30H,(H3,28,29)/b31-12+. The number of hydrazone groups is 1. The second-order valence-corrected chi connectivity index (χ2v) is 6.65. The Kier molecular flexibility index (Phi) is 7.37.